The molecule has 1 heterocycles. The average Bonchev–Trinajstić information content (AvgIpc) is 3.12. The lowest BCUT2D eigenvalue weighted by Gasteiger charge is -2.06. The van der Waals surface area contributed by atoms with Crippen molar-refractivity contribution in [2.45, 2.75) is 13.5 Å². The number of hydrogen-bond acceptors (Lipinski definition) is 4. The molecule has 0 unspecified atom stereocenters. The molecule has 0 aliphatic rings. The summed E-state index contributed by atoms with van der Waals surface area (Å²) in [5.41, 5.74) is 1.95. The first-order chi connectivity index (χ1) is 12.6. The predicted octanol–water partition coefficient (Wildman–Crippen LogP) is 4.94. The van der Waals surface area contributed by atoms with Gasteiger partial charge in [-0.2, -0.15) is 5.26 Å². The molecule has 0 fully saturated rings. The third kappa shape index (κ3) is 4.05. The highest BCUT2D eigenvalue weighted by atomic mass is 35.5. The molecular formula is C20H15ClN2O3. The molecule has 1 aromatic heterocycles. The summed E-state index contributed by atoms with van der Waals surface area (Å²) >= 11 is 6.06. The first-order valence-corrected chi connectivity index (χ1v) is 8.23. The van der Waals surface area contributed by atoms with Crippen LogP contribution in [0.15, 0.2) is 59.0 Å². The van der Waals surface area contributed by atoms with E-state index in [9.17, 15) is 4.79 Å². The van der Waals surface area contributed by atoms with Gasteiger partial charge in [0.15, 0.2) is 5.76 Å². The second-order valence-corrected chi connectivity index (χ2v) is 5.99. The molecule has 0 aliphatic carbocycles. The van der Waals surface area contributed by atoms with Gasteiger partial charge in [-0.1, -0.05) is 29.8 Å². The average molecular weight is 367 g/mol. The summed E-state index contributed by atoms with van der Waals surface area (Å²) in [4.78, 5) is 12.3. The number of carbonyl (C=O) groups excluding carboxylic acids is 1. The molecule has 0 aliphatic heterocycles. The van der Waals surface area contributed by atoms with Crippen LogP contribution in [0.1, 0.15) is 27.4 Å². The van der Waals surface area contributed by atoms with E-state index in [1.807, 2.05) is 13.0 Å². The Hall–Kier alpha value is -3.23. The summed E-state index contributed by atoms with van der Waals surface area (Å²) in [6, 6.07) is 17.5. The normalized spacial score (nSPS) is 10.2. The van der Waals surface area contributed by atoms with E-state index in [1.165, 1.54) is 0 Å². The Morgan fingerprint density at radius 1 is 1.23 bits per heavy atom. The number of carbonyl (C=O) groups is 1. The molecule has 6 heteroatoms. The van der Waals surface area contributed by atoms with E-state index in [4.69, 9.17) is 26.0 Å². The predicted molar refractivity (Wildman–Crippen MR) is 98.3 cm³/mol. The number of hydrogen-bond donors (Lipinski definition) is 1. The number of halogens is 1. The molecule has 0 atom stereocenters. The summed E-state index contributed by atoms with van der Waals surface area (Å²) in [5, 5.41) is 12.4. The van der Waals surface area contributed by atoms with Crippen LogP contribution >= 0.6 is 11.6 Å². The number of nitrogens with zero attached hydrogens (tertiary/aromatic N) is 1. The lowest BCUT2D eigenvalue weighted by atomic mass is 10.2. The van der Waals surface area contributed by atoms with Crippen molar-refractivity contribution in [1.29, 1.82) is 5.26 Å². The Labute approximate surface area is 155 Å². The number of amides is 1. The Kier molecular flexibility index (Phi) is 5.26. The number of para-hydroxylation sites is 1. The first-order valence-electron chi connectivity index (χ1n) is 7.85. The lowest BCUT2D eigenvalue weighted by molar-refractivity contribution is 0.0992. The minimum Gasteiger partial charge on any atom is -0.484 e. The molecule has 0 spiro atoms. The maximum atomic E-state index is 12.3. The molecule has 2 aromatic carbocycles. The number of anilines is 1. The van der Waals surface area contributed by atoms with Crippen molar-refractivity contribution in [2.75, 3.05) is 5.32 Å². The van der Waals surface area contributed by atoms with Crippen LogP contribution in [0.25, 0.3) is 0 Å². The van der Waals surface area contributed by atoms with Gasteiger partial charge in [0, 0.05) is 10.7 Å². The Balaban J connectivity index is 1.64. The number of nitriles is 1. The van der Waals surface area contributed by atoms with E-state index in [0.29, 0.717) is 27.8 Å². The highest BCUT2D eigenvalue weighted by Gasteiger charge is 2.13. The second-order valence-electron chi connectivity index (χ2n) is 5.58. The number of benzene rings is 2. The van der Waals surface area contributed by atoms with Crippen LogP contribution in [0.4, 0.5) is 5.69 Å². The maximum absolute atomic E-state index is 12.3. The molecule has 0 saturated heterocycles. The van der Waals surface area contributed by atoms with E-state index in [-0.39, 0.29) is 18.3 Å². The largest absolute Gasteiger partial charge is 0.484 e. The molecule has 3 aromatic rings. The zero-order valence-electron chi connectivity index (χ0n) is 14.0. The quantitative estimate of drug-likeness (QED) is 0.693. The van der Waals surface area contributed by atoms with Crippen molar-refractivity contribution in [2.24, 2.45) is 0 Å². The summed E-state index contributed by atoms with van der Waals surface area (Å²) < 4.78 is 11.1. The van der Waals surface area contributed by atoms with E-state index >= 15 is 0 Å². The van der Waals surface area contributed by atoms with Crippen LogP contribution in [-0.4, -0.2) is 5.91 Å². The highest BCUT2D eigenvalue weighted by Crippen LogP contribution is 2.22. The van der Waals surface area contributed by atoms with Gasteiger partial charge in [-0.3, -0.25) is 4.79 Å². The second kappa shape index (κ2) is 7.77. The number of furan rings is 1. The molecule has 5 nitrogen and oxygen atoms in total. The van der Waals surface area contributed by atoms with Crippen LogP contribution in [0.2, 0.25) is 5.02 Å². The van der Waals surface area contributed by atoms with Crippen molar-refractivity contribution >= 4 is 23.2 Å². The fourth-order valence-electron chi connectivity index (χ4n) is 2.27. The molecule has 1 amide bonds. The van der Waals surface area contributed by atoms with Gasteiger partial charge in [-0.15, -0.1) is 0 Å². The Morgan fingerprint density at radius 2 is 2.04 bits per heavy atom. The summed E-state index contributed by atoms with van der Waals surface area (Å²) in [7, 11) is 0. The fraction of sp³-hybridized carbons (Fsp3) is 0.100. The lowest BCUT2D eigenvalue weighted by Crippen LogP contribution is -2.10. The minimum absolute atomic E-state index is 0.113. The monoisotopic (exact) mass is 366 g/mol. The zero-order chi connectivity index (χ0) is 18.5. The van der Waals surface area contributed by atoms with Gasteiger partial charge in [0.25, 0.3) is 5.91 Å². The topological polar surface area (TPSA) is 75.3 Å². The van der Waals surface area contributed by atoms with Gasteiger partial charge < -0.3 is 14.5 Å². The van der Waals surface area contributed by atoms with Crippen LogP contribution in [-0.2, 0) is 6.61 Å². The molecular weight excluding hydrogens is 352 g/mol. The van der Waals surface area contributed by atoms with Crippen molar-refractivity contribution in [3.05, 3.63) is 82.3 Å². The van der Waals surface area contributed by atoms with Crippen LogP contribution < -0.4 is 10.1 Å². The molecule has 1 N–H and O–H groups in total. The Morgan fingerprint density at radius 3 is 2.81 bits per heavy atom. The van der Waals surface area contributed by atoms with Gasteiger partial charge in [0.1, 0.15) is 24.2 Å². The third-order valence-electron chi connectivity index (χ3n) is 3.69. The van der Waals surface area contributed by atoms with Gasteiger partial charge in [0.2, 0.25) is 0 Å². The Bertz CT molecular complexity index is 989. The molecule has 0 bridgehead atoms. The van der Waals surface area contributed by atoms with Crippen molar-refractivity contribution in [3.63, 3.8) is 0 Å². The van der Waals surface area contributed by atoms with Crippen molar-refractivity contribution in [3.8, 4) is 11.8 Å². The maximum Gasteiger partial charge on any atom is 0.291 e. The van der Waals surface area contributed by atoms with Crippen LogP contribution in [0, 0.1) is 18.3 Å². The summed E-state index contributed by atoms with van der Waals surface area (Å²) in [5.74, 6) is 0.721. The summed E-state index contributed by atoms with van der Waals surface area (Å²) in [6.45, 7) is 2.00. The molecule has 0 radical (unpaired) electrons. The van der Waals surface area contributed by atoms with E-state index in [1.54, 1.807) is 48.5 Å². The number of ether oxygens (including phenoxy) is 1. The van der Waals surface area contributed by atoms with Crippen LogP contribution in [0.5, 0.6) is 5.75 Å². The third-order valence-corrected chi connectivity index (χ3v) is 4.10. The number of aryl methyl sites for hydroxylation is 1. The molecule has 0 saturated carbocycles. The van der Waals surface area contributed by atoms with E-state index < -0.39 is 0 Å². The van der Waals surface area contributed by atoms with E-state index in [2.05, 4.69) is 11.4 Å². The van der Waals surface area contributed by atoms with Crippen LogP contribution in [0.3, 0.4) is 0 Å². The smallest absolute Gasteiger partial charge is 0.291 e. The van der Waals surface area contributed by atoms with Gasteiger partial charge in [-0.25, -0.2) is 0 Å². The van der Waals surface area contributed by atoms with Gasteiger partial charge in [-0.05, 0) is 48.9 Å². The molecule has 3 rings (SSSR count). The highest BCUT2D eigenvalue weighted by molar-refractivity contribution is 6.31. The van der Waals surface area contributed by atoms with Crippen molar-refractivity contribution in [1.82, 2.24) is 0 Å². The SMILES string of the molecule is Cc1ccc(NC(=O)c2ccc(COc3ccccc3C#N)o2)cc1Cl. The van der Waals surface area contributed by atoms with E-state index in [0.717, 1.165) is 5.56 Å². The number of nitrogens with one attached hydrogen (secondary N) is 1. The summed E-state index contributed by atoms with van der Waals surface area (Å²) in [6.07, 6.45) is 0. The van der Waals surface area contributed by atoms with Gasteiger partial charge in [0.05, 0.1) is 5.56 Å². The van der Waals surface area contributed by atoms with Crippen molar-refractivity contribution < 1.29 is 13.9 Å². The fourth-order valence-corrected chi connectivity index (χ4v) is 2.46. The number of rotatable bonds is 5. The molecule has 26 heavy (non-hydrogen) atoms. The van der Waals surface area contributed by atoms with Gasteiger partial charge >= 0.3 is 0 Å². The first kappa shape index (κ1) is 17.6. The minimum atomic E-state index is -0.381. The molecule has 130 valence electrons. The standard InChI is InChI=1S/C20H15ClN2O3/c1-13-6-7-15(10-17(13)21)23-20(24)19-9-8-16(26-19)12-25-18-5-3-2-4-14(18)11-22/h2-10H,12H2,1H3,(H,23,24). The zero-order valence-corrected chi connectivity index (χ0v) is 14.7.